The molecule has 0 heterocycles. The Kier molecular flexibility index (Phi) is 5.86. The third kappa shape index (κ3) is 4.58. The van der Waals surface area contributed by atoms with Gasteiger partial charge in [0.2, 0.25) is 0 Å². The fraction of sp³-hybridized carbons (Fsp3) is 0.714. The van der Waals surface area contributed by atoms with E-state index in [0.29, 0.717) is 19.4 Å². The van der Waals surface area contributed by atoms with Gasteiger partial charge in [0.15, 0.2) is 0 Å². The van der Waals surface area contributed by atoms with Crippen LogP contribution in [0.5, 0.6) is 0 Å². The highest BCUT2D eigenvalue weighted by atomic mass is 16.4. The molecule has 0 bridgehead atoms. The average molecular weight is 268 g/mol. The summed E-state index contributed by atoms with van der Waals surface area (Å²) in [5.41, 5.74) is -0.186. The molecular weight excluding hydrogens is 244 g/mol. The first-order valence-corrected chi connectivity index (χ1v) is 6.96. The van der Waals surface area contributed by atoms with Gasteiger partial charge in [0, 0.05) is 6.54 Å². The first kappa shape index (κ1) is 15.5. The first-order valence-electron chi connectivity index (χ1n) is 6.96. The van der Waals surface area contributed by atoms with Crippen LogP contribution in [0, 0.1) is 0 Å². The summed E-state index contributed by atoms with van der Waals surface area (Å²) in [5, 5.41) is 14.8. The molecule has 19 heavy (non-hydrogen) atoms. The van der Waals surface area contributed by atoms with Gasteiger partial charge < -0.3 is 15.7 Å². The summed E-state index contributed by atoms with van der Waals surface area (Å²) < 4.78 is 0. The molecule has 1 aliphatic rings. The third-order valence-electron chi connectivity index (χ3n) is 3.72. The van der Waals surface area contributed by atoms with Gasteiger partial charge in [-0.15, -0.1) is 0 Å². The van der Waals surface area contributed by atoms with Gasteiger partial charge in [0.05, 0.1) is 0 Å². The Labute approximate surface area is 114 Å². The fourth-order valence-electron chi connectivity index (χ4n) is 2.32. The van der Waals surface area contributed by atoms with Gasteiger partial charge in [-0.1, -0.05) is 44.8 Å². The first-order chi connectivity index (χ1) is 9.00. The van der Waals surface area contributed by atoms with Gasteiger partial charge in [-0.2, -0.15) is 0 Å². The van der Waals surface area contributed by atoms with Gasteiger partial charge in [-0.3, -0.25) is 0 Å². The summed E-state index contributed by atoms with van der Waals surface area (Å²) in [5.74, 6) is -0.932. The third-order valence-corrected chi connectivity index (χ3v) is 3.72. The van der Waals surface area contributed by atoms with Crippen molar-refractivity contribution in [3.05, 3.63) is 12.2 Å². The van der Waals surface area contributed by atoms with E-state index < -0.39 is 17.5 Å². The van der Waals surface area contributed by atoms with Crippen molar-refractivity contribution in [3.8, 4) is 0 Å². The van der Waals surface area contributed by atoms with E-state index in [1.165, 1.54) is 0 Å². The molecule has 0 aliphatic heterocycles. The van der Waals surface area contributed by atoms with Gasteiger partial charge in [0.25, 0.3) is 0 Å². The highest BCUT2D eigenvalue weighted by molar-refractivity contribution is 5.86. The number of carboxylic acid groups (broad SMARTS) is 1. The number of hydrogen-bond donors (Lipinski definition) is 3. The Hall–Kier alpha value is -1.52. The van der Waals surface area contributed by atoms with E-state index in [9.17, 15) is 14.7 Å². The molecule has 0 unspecified atom stereocenters. The molecule has 0 radical (unpaired) electrons. The number of hydrogen-bond acceptors (Lipinski definition) is 2. The van der Waals surface area contributed by atoms with Gasteiger partial charge in [-0.05, 0) is 19.3 Å². The second-order valence-corrected chi connectivity index (χ2v) is 5.21. The Balaban J connectivity index is 2.59. The summed E-state index contributed by atoms with van der Waals surface area (Å²) in [6.45, 7) is 6.15. The molecule has 3 N–H and O–H groups in total. The largest absolute Gasteiger partial charge is 0.480 e. The van der Waals surface area contributed by atoms with E-state index >= 15 is 0 Å². The topological polar surface area (TPSA) is 78.4 Å². The maximum Gasteiger partial charge on any atom is 0.329 e. The van der Waals surface area contributed by atoms with Crippen molar-refractivity contribution < 1.29 is 14.7 Å². The van der Waals surface area contributed by atoms with Crippen molar-refractivity contribution >= 4 is 12.0 Å². The highest BCUT2D eigenvalue weighted by Crippen LogP contribution is 2.27. The molecule has 0 aromatic carbocycles. The number of amides is 2. The molecular formula is C14H24N2O3. The van der Waals surface area contributed by atoms with Gasteiger partial charge in [-0.25, -0.2) is 9.59 Å². The van der Waals surface area contributed by atoms with Crippen LogP contribution in [0.25, 0.3) is 0 Å². The molecule has 1 rings (SSSR count). The quantitative estimate of drug-likeness (QED) is 0.529. The predicted molar refractivity (Wildman–Crippen MR) is 74.0 cm³/mol. The van der Waals surface area contributed by atoms with E-state index in [0.717, 1.165) is 37.7 Å². The number of rotatable bonds is 5. The normalized spacial score (nSPS) is 18.2. The maximum atomic E-state index is 11.8. The van der Waals surface area contributed by atoms with Crippen molar-refractivity contribution in [3.63, 3.8) is 0 Å². The Morgan fingerprint density at radius 2 is 1.79 bits per heavy atom. The van der Waals surface area contributed by atoms with Crippen molar-refractivity contribution in [1.82, 2.24) is 10.6 Å². The van der Waals surface area contributed by atoms with Crippen LogP contribution in [0.4, 0.5) is 4.79 Å². The zero-order valence-electron chi connectivity index (χ0n) is 11.6. The van der Waals surface area contributed by atoms with E-state index in [1.807, 2.05) is 6.92 Å². The SMILES string of the molecule is C=C(CC)CNC(=O)NC1(C(=O)O)CCCCCC1. The number of carbonyl (C=O) groups excluding carboxylic acids is 1. The van der Waals surface area contributed by atoms with E-state index in [1.54, 1.807) is 0 Å². The molecule has 0 saturated heterocycles. The molecule has 1 fully saturated rings. The standard InChI is InChI=1S/C14H24N2O3/c1-3-11(2)10-15-13(19)16-14(12(17)18)8-6-4-5-7-9-14/h2-10H2,1H3,(H,17,18)(H2,15,16,19). The highest BCUT2D eigenvalue weighted by Gasteiger charge is 2.39. The summed E-state index contributed by atoms with van der Waals surface area (Å²) >= 11 is 0. The molecule has 0 aromatic heterocycles. The second-order valence-electron chi connectivity index (χ2n) is 5.21. The molecule has 1 aliphatic carbocycles. The number of aliphatic carboxylic acids is 1. The predicted octanol–water partition coefficient (Wildman–Crippen LogP) is 2.43. The fourth-order valence-corrected chi connectivity index (χ4v) is 2.32. The zero-order valence-corrected chi connectivity index (χ0v) is 11.6. The lowest BCUT2D eigenvalue weighted by atomic mass is 9.90. The smallest absolute Gasteiger partial charge is 0.329 e. The van der Waals surface area contributed by atoms with Crippen LogP contribution in [-0.4, -0.2) is 29.2 Å². The molecule has 5 heteroatoms. The molecule has 2 amide bonds. The van der Waals surface area contributed by atoms with Crippen molar-refractivity contribution in [1.29, 1.82) is 0 Å². The summed E-state index contributed by atoms with van der Waals surface area (Å²) in [6.07, 6.45) is 5.55. The second kappa shape index (κ2) is 7.16. The van der Waals surface area contributed by atoms with Crippen molar-refractivity contribution in [2.45, 2.75) is 57.4 Å². The minimum absolute atomic E-state index is 0.387. The Bertz CT molecular complexity index is 345. The van der Waals surface area contributed by atoms with Crippen LogP contribution in [0.15, 0.2) is 12.2 Å². The van der Waals surface area contributed by atoms with Crippen LogP contribution >= 0.6 is 0 Å². The molecule has 0 atom stereocenters. The molecule has 0 aromatic rings. The van der Waals surface area contributed by atoms with Crippen molar-refractivity contribution in [2.24, 2.45) is 0 Å². The Morgan fingerprint density at radius 1 is 1.21 bits per heavy atom. The molecule has 0 spiro atoms. The van der Waals surface area contributed by atoms with Gasteiger partial charge in [0.1, 0.15) is 5.54 Å². The monoisotopic (exact) mass is 268 g/mol. The van der Waals surface area contributed by atoms with Crippen LogP contribution in [-0.2, 0) is 4.79 Å². The Morgan fingerprint density at radius 3 is 2.26 bits per heavy atom. The summed E-state index contributed by atoms with van der Waals surface area (Å²) in [4.78, 5) is 23.3. The number of nitrogens with one attached hydrogen (secondary N) is 2. The lowest BCUT2D eigenvalue weighted by molar-refractivity contribution is -0.145. The van der Waals surface area contributed by atoms with Crippen LogP contribution in [0.1, 0.15) is 51.9 Å². The lowest BCUT2D eigenvalue weighted by Gasteiger charge is -2.29. The number of carbonyl (C=O) groups is 2. The number of carboxylic acids is 1. The van der Waals surface area contributed by atoms with Crippen molar-refractivity contribution in [2.75, 3.05) is 6.54 Å². The molecule has 108 valence electrons. The summed E-state index contributed by atoms with van der Waals surface area (Å²) in [7, 11) is 0. The lowest BCUT2D eigenvalue weighted by Crippen LogP contribution is -2.57. The zero-order chi connectivity index (χ0) is 14.3. The minimum atomic E-state index is -1.10. The van der Waals surface area contributed by atoms with E-state index in [2.05, 4.69) is 17.2 Å². The van der Waals surface area contributed by atoms with Gasteiger partial charge >= 0.3 is 12.0 Å². The van der Waals surface area contributed by atoms with E-state index in [4.69, 9.17) is 0 Å². The van der Waals surface area contributed by atoms with Crippen LogP contribution in [0.3, 0.4) is 0 Å². The van der Waals surface area contributed by atoms with E-state index in [-0.39, 0.29) is 0 Å². The molecule has 5 nitrogen and oxygen atoms in total. The molecule has 1 saturated carbocycles. The average Bonchev–Trinajstić information content (AvgIpc) is 2.62. The minimum Gasteiger partial charge on any atom is -0.480 e. The maximum absolute atomic E-state index is 11.8. The van der Waals surface area contributed by atoms with Crippen LogP contribution < -0.4 is 10.6 Å². The van der Waals surface area contributed by atoms with Crippen LogP contribution in [0.2, 0.25) is 0 Å². The number of urea groups is 1. The summed E-state index contributed by atoms with van der Waals surface area (Å²) in [6, 6.07) is -0.418.